The Morgan fingerprint density at radius 3 is 2.16 bits per heavy atom. The van der Waals surface area contributed by atoms with Crippen LogP contribution in [0.2, 0.25) is 0 Å². The van der Waals surface area contributed by atoms with Crippen LogP contribution in [0.3, 0.4) is 0 Å². The highest BCUT2D eigenvalue weighted by Gasteiger charge is 2.53. The minimum Gasteiger partial charge on any atom is -0.399 e. The second-order valence-corrected chi connectivity index (χ2v) is 5.84. The summed E-state index contributed by atoms with van der Waals surface area (Å²) in [6.45, 7) is 9.86. The van der Waals surface area contributed by atoms with Gasteiger partial charge < -0.3 is 9.31 Å². The van der Waals surface area contributed by atoms with Crippen molar-refractivity contribution < 1.29 is 14.1 Å². The molecule has 4 heteroatoms. The number of Topliss-reactive ketones (excluding diaryl/α,β-unsaturated/α-hetero) is 1. The van der Waals surface area contributed by atoms with Crippen LogP contribution >= 0.6 is 0 Å². The summed E-state index contributed by atoms with van der Waals surface area (Å²) in [6.07, 6.45) is 0.891. The maximum atomic E-state index is 11.3. The van der Waals surface area contributed by atoms with E-state index < -0.39 is 0 Å². The third-order valence-corrected chi connectivity index (χ3v) is 4.31. The maximum absolute atomic E-state index is 11.3. The molecule has 0 radical (unpaired) electrons. The summed E-state index contributed by atoms with van der Waals surface area (Å²) >= 11 is 0. The van der Waals surface area contributed by atoms with Crippen molar-refractivity contribution in [1.29, 1.82) is 0 Å². The molecule has 1 fully saturated rings. The van der Waals surface area contributed by atoms with Crippen molar-refractivity contribution in [3.05, 3.63) is 29.8 Å². The number of benzene rings is 1. The highest BCUT2D eigenvalue weighted by Crippen LogP contribution is 2.39. The van der Waals surface area contributed by atoms with E-state index in [1.807, 2.05) is 24.3 Å². The first kappa shape index (κ1) is 14.3. The summed E-state index contributed by atoms with van der Waals surface area (Å²) in [5.74, 6) is 0.0681. The zero-order valence-corrected chi connectivity index (χ0v) is 12.3. The third-order valence-electron chi connectivity index (χ3n) is 4.31. The third kappa shape index (κ3) is 2.47. The van der Waals surface area contributed by atoms with Crippen molar-refractivity contribution in [1.82, 2.24) is 0 Å². The number of rotatable bonds is 3. The smallest absolute Gasteiger partial charge is 0.399 e. The van der Waals surface area contributed by atoms with Gasteiger partial charge in [-0.3, -0.25) is 4.79 Å². The molecular weight excluding hydrogens is 239 g/mol. The molecule has 0 N–H and O–H groups in total. The molecule has 1 aliphatic heterocycles. The van der Waals surface area contributed by atoms with Gasteiger partial charge in [0.25, 0.3) is 0 Å². The molecule has 1 aliphatic rings. The van der Waals surface area contributed by atoms with E-state index in [2.05, 4.69) is 27.7 Å². The molecule has 1 atom stereocenters. The molecule has 0 spiro atoms. The van der Waals surface area contributed by atoms with Crippen LogP contribution in [-0.2, 0) is 9.31 Å². The minimum absolute atomic E-state index is 0.0681. The van der Waals surface area contributed by atoms with E-state index in [-0.39, 0.29) is 24.1 Å². The van der Waals surface area contributed by atoms with E-state index in [1.54, 1.807) is 6.92 Å². The number of hydrogen-bond donors (Lipinski definition) is 0. The molecule has 1 aromatic carbocycles. The molecule has 1 aromatic rings. The lowest BCUT2D eigenvalue weighted by Gasteiger charge is -2.35. The van der Waals surface area contributed by atoms with Gasteiger partial charge in [0.15, 0.2) is 5.78 Å². The summed E-state index contributed by atoms with van der Waals surface area (Å²) in [4.78, 5) is 11.3. The van der Waals surface area contributed by atoms with Crippen molar-refractivity contribution in [2.45, 2.75) is 52.2 Å². The van der Waals surface area contributed by atoms with Crippen LogP contribution in [0.5, 0.6) is 0 Å². The van der Waals surface area contributed by atoms with Crippen LogP contribution < -0.4 is 5.46 Å². The molecule has 3 nitrogen and oxygen atoms in total. The largest absolute Gasteiger partial charge is 0.494 e. The van der Waals surface area contributed by atoms with Gasteiger partial charge in [-0.2, -0.15) is 0 Å². The minimum atomic E-state index is -0.360. The zero-order chi connectivity index (χ0) is 14.3. The zero-order valence-electron chi connectivity index (χ0n) is 12.3. The molecular formula is C15H21BO3. The molecule has 0 bridgehead atoms. The van der Waals surface area contributed by atoms with Crippen LogP contribution in [0.1, 0.15) is 51.4 Å². The van der Waals surface area contributed by atoms with Gasteiger partial charge in [-0.1, -0.05) is 31.2 Å². The molecule has 0 aromatic heterocycles. The van der Waals surface area contributed by atoms with Crippen molar-refractivity contribution in [2.24, 2.45) is 0 Å². The monoisotopic (exact) mass is 260 g/mol. The van der Waals surface area contributed by atoms with Gasteiger partial charge in [-0.25, -0.2) is 0 Å². The average molecular weight is 260 g/mol. The molecule has 0 amide bonds. The van der Waals surface area contributed by atoms with Crippen LogP contribution in [0.25, 0.3) is 0 Å². The fourth-order valence-electron chi connectivity index (χ4n) is 2.31. The van der Waals surface area contributed by atoms with E-state index >= 15 is 0 Å². The molecule has 1 heterocycles. The van der Waals surface area contributed by atoms with Gasteiger partial charge in [-0.15, -0.1) is 0 Å². The van der Waals surface area contributed by atoms with E-state index in [9.17, 15) is 4.79 Å². The Morgan fingerprint density at radius 2 is 1.74 bits per heavy atom. The average Bonchev–Trinajstić information content (AvgIpc) is 2.61. The molecule has 1 unspecified atom stereocenters. The first-order valence-corrected chi connectivity index (χ1v) is 6.75. The number of ketones is 1. The van der Waals surface area contributed by atoms with Gasteiger partial charge in [-0.05, 0) is 39.6 Å². The first-order chi connectivity index (χ1) is 8.79. The highest BCUT2D eigenvalue weighted by atomic mass is 16.7. The van der Waals surface area contributed by atoms with Crippen molar-refractivity contribution in [3.63, 3.8) is 0 Å². The lowest BCUT2D eigenvalue weighted by Crippen LogP contribution is -2.44. The molecule has 102 valence electrons. The highest BCUT2D eigenvalue weighted by molar-refractivity contribution is 6.62. The van der Waals surface area contributed by atoms with E-state index in [0.29, 0.717) is 5.56 Å². The molecule has 2 rings (SSSR count). The fraction of sp³-hybridized carbons (Fsp3) is 0.533. The maximum Gasteiger partial charge on any atom is 0.494 e. The van der Waals surface area contributed by atoms with E-state index in [4.69, 9.17) is 9.31 Å². The predicted octanol–water partition coefficient (Wildman–Crippen LogP) is 2.58. The number of hydrogen-bond acceptors (Lipinski definition) is 3. The Bertz CT molecular complexity index is 481. The van der Waals surface area contributed by atoms with Crippen LogP contribution in [0, 0.1) is 0 Å². The van der Waals surface area contributed by atoms with Crippen LogP contribution in [-0.4, -0.2) is 24.1 Å². The Hall–Kier alpha value is -1.13. The van der Waals surface area contributed by atoms with E-state index in [1.165, 1.54) is 0 Å². The number of carbonyl (C=O) groups excluding carboxylic acids is 1. The second kappa shape index (κ2) is 4.76. The van der Waals surface area contributed by atoms with Gasteiger partial charge in [0.05, 0.1) is 11.2 Å². The van der Waals surface area contributed by atoms with Crippen molar-refractivity contribution in [3.8, 4) is 0 Å². The second-order valence-electron chi connectivity index (χ2n) is 5.84. The number of carbonyl (C=O) groups is 1. The van der Waals surface area contributed by atoms with Gasteiger partial charge in [0.1, 0.15) is 0 Å². The summed E-state index contributed by atoms with van der Waals surface area (Å²) in [5.41, 5.74) is 1.04. The summed E-state index contributed by atoms with van der Waals surface area (Å²) in [6, 6.07) is 7.44. The molecule has 0 aliphatic carbocycles. The van der Waals surface area contributed by atoms with Gasteiger partial charge >= 0.3 is 7.12 Å². The molecule has 0 saturated carbocycles. The SMILES string of the molecule is CCC1(C)OB(c2ccc(C(C)=O)cc2)OC1(C)C. The lowest BCUT2D eigenvalue weighted by atomic mass is 9.78. The summed E-state index contributed by atoms with van der Waals surface area (Å²) in [7, 11) is -0.360. The summed E-state index contributed by atoms with van der Waals surface area (Å²) < 4.78 is 12.1. The fourth-order valence-corrected chi connectivity index (χ4v) is 2.31. The Balaban J connectivity index is 2.23. The molecule has 1 saturated heterocycles. The van der Waals surface area contributed by atoms with Crippen LogP contribution in [0.4, 0.5) is 0 Å². The lowest BCUT2D eigenvalue weighted by molar-refractivity contribution is -0.0118. The first-order valence-electron chi connectivity index (χ1n) is 6.75. The van der Waals surface area contributed by atoms with Crippen molar-refractivity contribution >= 4 is 18.4 Å². The normalized spacial score (nSPS) is 25.6. The molecule has 19 heavy (non-hydrogen) atoms. The summed E-state index contributed by atoms with van der Waals surface area (Å²) in [5, 5.41) is 0. The van der Waals surface area contributed by atoms with Crippen molar-refractivity contribution in [2.75, 3.05) is 0 Å². The predicted molar refractivity (Wildman–Crippen MR) is 76.8 cm³/mol. The topological polar surface area (TPSA) is 35.5 Å². The van der Waals surface area contributed by atoms with Gasteiger partial charge in [0, 0.05) is 5.56 Å². The van der Waals surface area contributed by atoms with Crippen LogP contribution in [0.15, 0.2) is 24.3 Å². The Kier molecular flexibility index (Phi) is 3.58. The quantitative estimate of drug-likeness (QED) is 0.619. The van der Waals surface area contributed by atoms with E-state index in [0.717, 1.165) is 11.9 Å². The van der Waals surface area contributed by atoms with Gasteiger partial charge in [0.2, 0.25) is 0 Å². The standard InChI is InChI=1S/C15H21BO3/c1-6-15(5)14(3,4)18-16(19-15)13-9-7-12(8-10-13)11(2)17/h7-10H,6H2,1-5H3. The Labute approximate surface area is 115 Å². The Morgan fingerprint density at radius 1 is 1.16 bits per heavy atom.